The molecule has 0 unspecified atom stereocenters. The average molecular weight is 523 g/mol. The summed E-state index contributed by atoms with van der Waals surface area (Å²) in [6, 6.07) is 7.85. The van der Waals surface area contributed by atoms with Crippen molar-refractivity contribution in [1.29, 1.82) is 0 Å². The molecular formula is C22H26IN3O4. The number of carbonyl (C=O) groups excluding carboxylic acids is 1. The van der Waals surface area contributed by atoms with E-state index in [0.29, 0.717) is 17.8 Å². The van der Waals surface area contributed by atoms with Gasteiger partial charge in [-0.2, -0.15) is 5.10 Å². The van der Waals surface area contributed by atoms with Crippen LogP contribution >= 0.6 is 22.6 Å². The van der Waals surface area contributed by atoms with Gasteiger partial charge in [0.15, 0.2) is 11.8 Å². The Labute approximate surface area is 189 Å². The molecule has 30 heavy (non-hydrogen) atoms. The van der Waals surface area contributed by atoms with Gasteiger partial charge in [-0.3, -0.25) is 0 Å². The molecule has 0 aliphatic rings. The Hall–Kier alpha value is -2.20. The van der Waals surface area contributed by atoms with Gasteiger partial charge in [0.05, 0.1) is 37.9 Å². The number of pyridine rings is 1. The Morgan fingerprint density at radius 3 is 2.43 bits per heavy atom. The Bertz CT molecular complexity index is 1050. The number of nitrogens with zero attached hydrogens (tertiary/aromatic N) is 3. The van der Waals surface area contributed by atoms with Crippen molar-refractivity contribution in [2.24, 2.45) is 0 Å². The molecular weight excluding hydrogens is 497 g/mol. The minimum Gasteiger partial charge on any atom is -0.497 e. The van der Waals surface area contributed by atoms with Crippen molar-refractivity contribution >= 4 is 39.6 Å². The lowest BCUT2D eigenvalue weighted by atomic mass is 10.0. The lowest BCUT2D eigenvalue weighted by Crippen LogP contribution is -2.29. The van der Waals surface area contributed by atoms with E-state index in [9.17, 15) is 4.79 Å². The van der Waals surface area contributed by atoms with Crippen LogP contribution in [0.1, 0.15) is 43.7 Å². The summed E-state index contributed by atoms with van der Waals surface area (Å²) in [5, 5.41) is 5.41. The quantitative estimate of drug-likeness (QED) is 0.352. The molecule has 3 aromatic rings. The largest absolute Gasteiger partial charge is 0.497 e. The zero-order valence-electron chi connectivity index (χ0n) is 18.0. The Balaban J connectivity index is 2.04. The van der Waals surface area contributed by atoms with Gasteiger partial charge >= 0.3 is 5.97 Å². The topological polar surface area (TPSA) is 75.5 Å². The van der Waals surface area contributed by atoms with Gasteiger partial charge in [-0.25, -0.2) is 14.5 Å². The van der Waals surface area contributed by atoms with Gasteiger partial charge in [-0.1, -0.05) is 12.1 Å². The van der Waals surface area contributed by atoms with Gasteiger partial charge in [0.2, 0.25) is 0 Å². The van der Waals surface area contributed by atoms with E-state index in [4.69, 9.17) is 19.2 Å². The Morgan fingerprint density at radius 2 is 1.87 bits per heavy atom. The highest BCUT2D eigenvalue weighted by atomic mass is 127. The molecule has 0 bridgehead atoms. The Morgan fingerprint density at radius 1 is 1.20 bits per heavy atom. The normalized spacial score (nSPS) is 12.8. The van der Waals surface area contributed by atoms with E-state index in [1.165, 1.54) is 7.11 Å². The van der Waals surface area contributed by atoms with E-state index in [2.05, 4.69) is 27.7 Å². The number of fused-ring (bicyclic) bond motifs is 1. The number of carbonyl (C=O) groups is 1. The van der Waals surface area contributed by atoms with Crippen molar-refractivity contribution in [3.05, 3.63) is 50.9 Å². The lowest BCUT2D eigenvalue weighted by Gasteiger charge is -2.27. The first-order chi connectivity index (χ1) is 14.1. The van der Waals surface area contributed by atoms with Gasteiger partial charge in [0.1, 0.15) is 5.75 Å². The number of hydrogen-bond acceptors (Lipinski definition) is 6. The van der Waals surface area contributed by atoms with Crippen LogP contribution in [-0.4, -0.2) is 40.6 Å². The highest BCUT2D eigenvalue weighted by Crippen LogP contribution is 2.34. The van der Waals surface area contributed by atoms with Gasteiger partial charge in [-0.05, 0) is 68.0 Å². The third-order valence-electron chi connectivity index (χ3n) is 4.59. The third-order valence-corrected chi connectivity index (χ3v) is 5.75. The van der Waals surface area contributed by atoms with E-state index in [1.807, 2.05) is 56.6 Å². The first-order valence-corrected chi connectivity index (χ1v) is 10.6. The van der Waals surface area contributed by atoms with Gasteiger partial charge < -0.3 is 14.2 Å². The van der Waals surface area contributed by atoms with Crippen molar-refractivity contribution in [3.8, 4) is 5.75 Å². The van der Waals surface area contributed by atoms with Crippen LogP contribution in [0.2, 0.25) is 0 Å². The van der Waals surface area contributed by atoms with Crippen LogP contribution in [0.4, 0.5) is 0 Å². The molecule has 0 N–H and O–H groups in total. The summed E-state index contributed by atoms with van der Waals surface area (Å²) in [5.41, 5.74) is 2.75. The fourth-order valence-corrected chi connectivity index (χ4v) is 4.24. The van der Waals surface area contributed by atoms with Gasteiger partial charge in [0.25, 0.3) is 0 Å². The maximum atomic E-state index is 12.5. The molecule has 2 aromatic heterocycles. The molecule has 8 heteroatoms. The molecule has 0 saturated heterocycles. The number of methoxy groups -OCH3 is 2. The summed E-state index contributed by atoms with van der Waals surface area (Å²) in [6.45, 7) is 8.18. The fraction of sp³-hybridized carbons (Fsp3) is 0.409. The third kappa shape index (κ3) is 4.75. The second-order valence-corrected chi connectivity index (χ2v) is 9.02. The standard InChI is InChI=1S/C22H26IN3O4/c1-13-17(19(21(27)29-6)30-22(2,3)4)18(23)16-11-24-26(20(16)25-13)12-14-7-9-15(28-5)10-8-14/h7-11,19H,12H2,1-6H3/t19-/m0/s1. The van der Waals surface area contributed by atoms with Crippen LogP contribution in [0.3, 0.4) is 0 Å². The zero-order valence-corrected chi connectivity index (χ0v) is 20.2. The molecule has 160 valence electrons. The minimum absolute atomic E-state index is 0.447. The number of aromatic nitrogens is 3. The molecule has 1 aromatic carbocycles. The minimum atomic E-state index is -0.858. The molecule has 2 heterocycles. The van der Waals surface area contributed by atoms with Crippen molar-refractivity contribution < 1.29 is 19.0 Å². The van der Waals surface area contributed by atoms with E-state index >= 15 is 0 Å². The predicted molar refractivity (Wildman–Crippen MR) is 123 cm³/mol. The summed E-state index contributed by atoms with van der Waals surface area (Å²) in [5.74, 6) is 0.364. The number of halogens is 1. The SMILES string of the molecule is COC(=O)[C@@H](OC(C)(C)C)c1c(C)nc2c(cnn2Cc2ccc(OC)cc2)c1I. The van der Waals surface area contributed by atoms with Crippen LogP contribution in [0.5, 0.6) is 5.75 Å². The first-order valence-electron chi connectivity index (χ1n) is 9.54. The summed E-state index contributed by atoms with van der Waals surface area (Å²) < 4.78 is 19.0. The van der Waals surface area contributed by atoms with E-state index in [-0.39, 0.29) is 0 Å². The maximum absolute atomic E-state index is 12.5. The number of ether oxygens (including phenoxy) is 3. The number of aryl methyl sites for hydroxylation is 1. The number of hydrogen-bond donors (Lipinski definition) is 0. The molecule has 0 fully saturated rings. The van der Waals surface area contributed by atoms with Crippen LogP contribution in [-0.2, 0) is 20.8 Å². The predicted octanol–water partition coefficient (Wildman–Crippen LogP) is 4.43. The van der Waals surface area contributed by atoms with Crippen molar-refractivity contribution in [3.63, 3.8) is 0 Å². The summed E-state index contributed by atoms with van der Waals surface area (Å²) in [6.07, 6.45) is 0.922. The van der Waals surface area contributed by atoms with Crippen LogP contribution in [0.25, 0.3) is 11.0 Å². The van der Waals surface area contributed by atoms with Crippen molar-refractivity contribution in [2.45, 2.75) is 45.9 Å². The monoisotopic (exact) mass is 523 g/mol. The average Bonchev–Trinajstić information content (AvgIpc) is 3.09. The fourth-order valence-electron chi connectivity index (χ4n) is 3.18. The second kappa shape index (κ2) is 8.89. The van der Waals surface area contributed by atoms with Gasteiger partial charge in [-0.15, -0.1) is 0 Å². The van der Waals surface area contributed by atoms with Gasteiger partial charge in [0, 0.05) is 14.8 Å². The number of esters is 1. The maximum Gasteiger partial charge on any atom is 0.339 e. The number of rotatable bonds is 6. The molecule has 0 saturated carbocycles. The van der Waals surface area contributed by atoms with Crippen molar-refractivity contribution in [2.75, 3.05) is 14.2 Å². The summed E-state index contributed by atoms with van der Waals surface area (Å²) in [7, 11) is 3.01. The van der Waals surface area contributed by atoms with Crippen LogP contribution in [0.15, 0.2) is 30.5 Å². The summed E-state index contributed by atoms with van der Waals surface area (Å²) in [4.78, 5) is 17.3. The zero-order chi connectivity index (χ0) is 22.1. The highest BCUT2D eigenvalue weighted by Gasteiger charge is 2.32. The van der Waals surface area contributed by atoms with Crippen LogP contribution < -0.4 is 4.74 Å². The van der Waals surface area contributed by atoms with E-state index in [1.54, 1.807) is 13.3 Å². The molecule has 7 nitrogen and oxygen atoms in total. The smallest absolute Gasteiger partial charge is 0.339 e. The highest BCUT2D eigenvalue weighted by molar-refractivity contribution is 14.1. The molecule has 0 aliphatic carbocycles. The lowest BCUT2D eigenvalue weighted by molar-refractivity contribution is -0.164. The molecule has 0 spiro atoms. The number of benzene rings is 1. The van der Waals surface area contributed by atoms with E-state index < -0.39 is 17.7 Å². The molecule has 3 rings (SSSR count). The van der Waals surface area contributed by atoms with Crippen molar-refractivity contribution in [1.82, 2.24) is 14.8 Å². The van der Waals surface area contributed by atoms with E-state index in [0.717, 1.165) is 25.9 Å². The van der Waals surface area contributed by atoms with Crippen LogP contribution in [0, 0.1) is 10.5 Å². The molecule has 0 amide bonds. The molecule has 1 atom stereocenters. The molecule has 0 aliphatic heterocycles. The molecule has 0 radical (unpaired) electrons. The Kier molecular flexibility index (Phi) is 6.66. The first kappa shape index (κ1) is 22.5. The summed E-state index contributed by atoms with van der Waals surface area (Å²) >= 11 is 2.24. The second-order valence-electron chi connectivity index (χ2n) is 7.95.